The summed E-state index contributed by atoms with van der Waals surface area (Å²) in [7, 11) is 1.01. The zero-order chi connectivity index (χ0) is 16.6. The molecule has 1 aliphatic heterocycles. The number of fused-ring (bicyclic) bond motifs is 3. The minimum atomic E-state index is -1.06. The summed E-state index contributed by atoms with van der Waals surface area (Å²) in [5.74, 6) is 0. The van der Waals surface area contributed by atoms with Crippen molar-refractivity contribution in [2.45, 2.75) is 39.0 Å². The van der Waals surface area contributed by atoms with E-state index in [0.717, 1.165) is 35.8 Å². The van der Waals surface area contributed by atoms with E-state index in [1.54, 1.807) is 0 Å². The average molecular weight is 331 g/mol. The Hall–Kier alpha value is -1.79. The Balaban J connectivity index is 1.82. The van der Waals surface area contributed by atoms with Crippen molar-refractivity contribution in [2.75, 3.05) is 24.3 Å². The molecule has 124 valence electrons. The van der Waals surface area contributed by atoms with E-state index in [-0.39, 0.29) is 0 Å². The van der Waals surface area contributed by atoms with Gasteiger partial charge in [0, 0.05) is 39.4 Å². The molecule has 2 heterocycles. The summed E-state index contributed by atoms with van der Waals surface area (Å²) in [6.45, 7) is 9.21. The normalized spacial score (nSPS) is 13.8. The summed E-state index contributed by atoms with van der Waals surface area (Å²) >= 11 is 0. The second-order valence-corrected chi connectivity index (χ2v) is 13.1. The molecule has 1 aromatic carbocycles. The van der Waals surface area contributed by atoms with Crippen LogP contribution in [0.25, 0.3) is 11.3 Å². The standard InChI is InChI=1S/C17H26N4OSi/c1-20-11-13-10-19-21(12-22-8-9-23(2,3)4)16(13)14-6-5-7-15(18)17(14)20/h5-7,10H,8-9,11-12,18H2,1-4H3. The zero-order valence-electron chi connectivity index (χ0n) is 14.5. The molecule has 0 amide bonds. The highest BCUT2D eigenvalue weighted by Gasteiger charge is 2.25. The molecule has 0 fully saturated rings. The first-order valence-corrected chi connectivity index (χ1v) is 11.8. The highest BCUT2D eigenvalue weighted by molar-refractivity contribution is 6.76. The first-order chi connectivity index (χ1) is 10.9. The van der Waals surface area contributed by atoms with Crippen molar-refractivity contribution < 1.29 is 4.74 Å². The number of anilines is 2. The van der Waals surface area contributed by atoms with Crippen molar-refractivity contribution in [1.82, 2.24) is 9.78 Å². The molecule has 0 saturated heterocycles. The van der Waals surface area contributed by atoms with Gasteiger partial charge in [-0.15, -0.1) is 0 Å². The fourth-order valence-electron chi connectivity index (χ4n) is 2.99. The van der Waals surface area contributed by atoms with Gasteiger partial charge in [0.05, 0.1) is 23.3 Å². The van der Waals surface area contributed by atoms with E-state index in [4.69, 9.17) is 10.5 Å². The smallest absolute Gasteiger partial charge is 0.140 e. The molecular weight excluding hydrogens is 304 g/mol. The van der Waals surface area contributed by atoms with Crippen LogP contribution in [0.4, 0.5) is 11.4 Å². The Morgan fingerprint density at radius 3 is 2.83 bits per heavy atom. The van der Waals surface area contributed by atoms with Crippen LogP contribution in [-0.4, -0.2) is 31.5 Å². The molecule has 0 spiro atoms. The lowest BCUT2D eigenvalue weighted by atomic mass is 9.99. The van der Waals surface area contributed by atoms with Gasteiger partial charge in [0.2, 0.25) is 0 Å². The molecule has 1 aliphatic rings. The van der Waals surface area contributed by atoms with Crippen molar-refractivity contribution in [3.05, 3.63) is 30.0 Å². The predicted octanol–water partition coefficient (Wildman–Crippen LogP) is 3.39. The first-order valence-electron chi connectivity index (χ1n) is 8.09. The first kappa shape index (κ1) is 16.1. The maximum atomic E-state index is 6.18. The van der Waals surface area contributed by atoms with Gasteiger partial charge in [-0.25, -0.2) is 4.68 Å². The van der Waals surface area contributed by atoms with E-state index in [1.165, 1.54) is 11.6 Å². The number of para-hydroxylation sites is 1. The highest BCUT2D eigenvalue weighted by atomic mass is 28.3. The molecule has 2 N–H and O–H groups in total. The van der Waals surface area contributed by atoms with Gasteiger partial charge in [-0.3, -0.25) is 0 Å². The Labute approximate surface area is 139 Å². The fourth-order valence-corrected chi connectivity index (χ4v) is 3.75. The monoisotopic (exact) mass is 330 g/mol. The third-order valence-corrected chi connectivity index (χ3v) is 5.94. The van der Waals surface area contributed by atoms with Crippen molar-refractivity contribution in [3.63, 3.8) is 0 Å². The third-order valence-electron chi connectivity index (χ3n) is 4.24. The number of nitrogens with two attached hydrogens (primary N) is 1. The maximum absolute atomic E-state index is 6.18. The minimum absolute atomic E-state index is 0.498. The molecule has 3 rings (SSSR count). The topological polar surface area (TPSA) is 56.3 Å². The molecule has 23 heavy (non-hydrogen) atoms. The number of nitrogens with zero attached hydrogens (tertiary/aromatic N) is 3. The predicted molar refractivity (Wildman–Crippen MR) is 98.3 cm³/mol. The lowest BCUT2D eigenvalue weighted by molar-refractivity contribution is 0.0797. The summed E-state index contributed by atoms with van der Waals surface area (Å²) in [4.78, 5) is 2.19. The van der Waals surface area contributed by atoms with E-state index in [2.05, 4.69) is 42.8 Å². The Morgan fingerprint density at radius 1 is 1.30 bits per heavy atom. The molecule has 0 bridgehead atoms. The van der Waals surface area contributed by atoms with Gasteiger partial charge in [0.1, 0.15) is 6.73 Å². The van der Waals surface area contributed by atoms with E-state index < -0.39 is 8.07 Å². The van der Waals surface area contributed by atoms with Gasteiger partial charge in [-0.2, -0.15) is 5.10 Å². The number of ether oxygens (including phenoxy) is 1. The van der Waals surface area contributed by atoms with Gasteiger partial charge in [-0.1, -0.05) is 31.8 Å². The summed E-state index contributed by atoms with van der Waals surface area (Å²) in [5, 5.41) is 4.53. The Bertz CT molecular complexity index is 705. The molecule has 5 nitrogen and oxygen atoms in total. The molecule has 0 saturated carbocycles. The molecule has 6 heteroatoms. The van der Waals surface area contributed by atoms with Crippen LogP contribution in [0.15, 0.2) is 24.4 Å². The molecular formula is C17H26N4OSi. The van der Waals surface area contributed by atoms with Crippen LogP contribution in [-0.2, 0) is 18.0 Å². The van der Waals surface area contributed by atoms with Gasteiger partial charge >= 0.3 is 0 Å². The lowest BCUT2D eigenvalue weighted by Gasteiger charge is -2.29. The Kier molecular flexibility index (Phi) is 4.20. The van der Waals surface area contributed by atoms with Crippen LogP contribution in [0, 0.1) is 0 Å². The van der Waals surface area contributed by atoms with Crippen molar-refractivity contribution in [2.24, 2.45) is 0 Å². The number of aromatic nitrogens is 2. The van der Waals surface area contributed by atoms with Crippen LogP contribution in [0.3, 0.4) is 0 Å². The van der Waals surface area contributed by atoms with Crippen LogP contribution >= 0.6 is 0 Å². The molecule has 2 aromatic rings. The lowest BCUT2D eigenvalue weighted by Crippen LogP contribution is -2.24. The van der Waals surface area contributed by atoms with Crippen LogP contribution in [0.5, 0.6) is 0 Å². The molecule has 0 atom stereocenters. The number of hydrogen-bond donors (Lipinski definition) is 1. The largest absolute Gasteiger partial charge is 0.397 e. The number of nitrogen functional groups attached to an aromatic ring is 1. The van der Waals surface area contributed by atoms with Gasteiger partial charge in [0.25, 0.3) is 0 Å². The molecule has 0 aliphatic carbocycles. The molecule has 1 aromatic heterocycles. The summed E-state index contributed by atoms with van der Waals surface area (Å²) in [5.41, 5.74) is 11.6. The zero-order valence-corrected chi connectivity index (χ0v) is 15.5. The number of hydrogen-bond acceptors (Lipinski definition) is 4. The van der Waals surface area contributed by atoms with Crippen molar-refractivity contribution >= 4 is 19.4 Å². The number of rotatable bonds is 5. The Morgan fingerprint density at radius 2 is 2.09 bits per heavy atom. The second-order valence-electron chi connectivity index (χ2n) is 7.47. The van der Waals surface area contributed by atoms with E-state index in [9.17, 15) is 0 Å². The van der Waals surface area contributed by atoms with Crippen LogP contribution < -0.4 is 10.6 Å². The van der Waals surface area contributed by atoms with E-state index in [1.807, 2.05) is 23.0 Å². The SMILES string of the molecule is CN1Cc2cnn(COCC[Si](C)(C)C)c2-c2cccc(N)c21. The van der Waals surface area contributed by atoms with Gasteiger partial charge in [-0.05, 0) is 12.1 Å². The average Bonchev–Trinajstić information content (AvgIpc) is 2.85. The summed E-state index contributed by atoms with van der Waals surface area (Å²) in [6, 6.07) is 7.23. The van der Waals surface area contributed by atoms with Crippen molar-refractivity contribution in [1.29, 1.82) is 0 Å². The van der Waals surface area contributed by atoms with E-state index in [0.29, 0.717) is 6.73 Å². The van der Waals surface area contributed by atoms with E-state index >= 15 is 0 Å². The quantitative estimate of drug-likeness (QED) is 0.519. The summed E-state index contributed by atoms with van der Waals surface area (Å²) < 4.78 is 7.85. The third kappa shape index (κ3) is 3.28. The molecule has 0 radical (unpaired) electrons. The fraction of sp³-hybridized carbons (Fsp3) is 0.471. The van der Waals surface area contributed by atoms with Gasteiger partial charge < -0.3 is 15.4 Å². The van der Waals surface area contributed by atoms with Crippen molar-refractivity contribution in [3.8, 4) is 11.3 Å². The maximum Gasteiger partial charge on any atom is 0.140 e. The summed E-state index contributed by atoms with van der Waals surface area (Å²) in [6.07, 6.45) is 1.94. The van der Waals surface area contributed by atoms with Gasteiger partial charge in [0.15, 0.2) is 0 Å². The van der Waals surface area contributed by atoms with Crippen LogP contribution in [0.1, 0.15) is 5.56 Å². The second kappa shape index (κ2) is 6.01. The van der Waals surface area contributed by atoms with Crippen LogP contribution in [0.2, 0.25) is 25.7 Å². The molecule has 0 unspecified atom stereocenters. The number of benzene rings is 1. The highest BCUT2D eigenvalue weighted by Crippen LogP contribution is 2.41. The minimum Gasteiger partial charge on any atom is -0.397 e.